The summed E-state index contributed by atoms with van der Waals surface area (Å²) in [6.45, 7) is 3.55. The topological polar surface area (TPSA) is 30.5 Å². The van der Waals surface area contributed by atoms with Crippen molar-refractivity contribution in [1.29, 1.82) is 0 Å². The van der Waals surface area contributed by atoms with Gasteiger partial charge in [0.15, 0.2) is 11.5 Å². The Morgan fingerprint density at radius 1 is 1.26 bits per heavy atom. The number of methoxy groups -OCH3 is 1. The Balaban J connectivity index is 1.93. The lowest BCUT2D eigenvalue weighted by Gasteiger charge is -2.22. The molecule has 0 unspecified atom stereocenters. The van der Waals surface area contributed by atoms with Gasteiger partial charge < -0.3 is 14.8 Å². The predicted molar refractivity (Wildman–Crippen MR) is 81.3 cm³/mol. The molecule has 0 aromatic heterocycles. The second kappa shape index (κ2) is 7.65. The van der Waals surface area contributed by atoms with Crippen molar-refractivity contribution in [3.05, 3.63) is 23.8 Å². The van der Waals surface area contributed by atoms with Crippen molar-refractivity contribution in [3.63, 3.8) is 0 Å². The van der Waals surface area contributed by atoms with Crippen molar-refractivity contribution in [3.8, 4) is 11.5 Å². The van der Waals surface area contributed by atoms with Crippen molar-refractivity contribution in [2.24, 2.45) is 0 Å². The zero-order valence-electron chi connectivity index (χ0n) is 11.8. The summed E-state index contributed by atoms with van der Waals surface area (Å²) in [7, 11) is 1.68. The van der Waals surface area contributed by atoms with Gasteiger partial charge in [0, 0.05) is 12.6 Å². The van der Waals surface area contributed by atoms with Crippen LogP contribution in [0.3, 0.4) is 0 Å². The molecule has 0 spiro atoms. The zero-order chi connectivity index (χ0) is 13.5. The summed E-state index contributed by atoms with van der Waals surface area (Å²) in [6, 6.07) is 6.83. The lowest BCUT2D eigenvalue weighted by Crippen LogP contribution is -2.32. The molecule has 0 saturated carbocycles. The first-order chi connectivity index (χ1) is 9.33. The second-order valence-corrected chi connectivity index (χ2v) is 5.91. The molecule has 0 aliphatic carbocycles. The molecule has 1 aliphatic heterocycles. The average molecular weight is 281 g/mol. The summed E-state index contributed by atoms with van der Waals surface area (Å²) in [5, 5.41) is 3.63. The minimum absolute atomic E-state index is 0.660. The van der Waals surface area contributed by atoms with Gasteiger partial charge in [-0.25, -0.2) is 0 Å². The summed E-state index contributed by atoms with van der Waals surface area (Å²) >= 11 is 2.06. The highest BCUT2D eigenvalue weighted by atomic mass is 32.2. The average Bonchev–Trinajstić information content (AvgIpc) is 2.47. The minimum atomic E-state index is 0.660. The van der Waals surface area contributed by atoms with E-state index in [-0.39, 0.29) is 0 Å². The molecule has 0 amide bonds. The number of nitrogens with one attached hydrogen (secondary N) is 1. The molecule has 1 heterocycles. The fourth-order valence-corrected chi connectivity index (χ4v) is 3.37. The number of hydrogen-bond donors (Lipinski definition) is 1. The minimum Gasteiger partial charge on any atom is -0.493 e. The Morgan fingerprint density at radius 2 is 2.05 bits per heavy atom. The van der Waals surface area contributed by atoms with Crippen LogP contribution in [0.5, 0.6) is 11.5 Å². The van der Waals surface area contributed by atoms with E-state index in [4.69, 9.17) is 9.47 Å². The molecule has 19 heavy (non-hydrogen) atoms. The summed E-state index contributed by atoms with van der Waals surface area (Å²) in [5.41, 5.74) is 1.25. The lowest BCUT2D eigenvalue weighted by atomic mass is 10.1. The third-order valence-electron chi connectivity index (χ3n) is 3.34. The number of hydrogen-bond acceptors (Lipinski definition) is 4. The SMILES string of the molecule is CCOc1cc(CNC2CCSCC2)ccc1OC. The molecular formula is C15H23NO2S. The van der Waals surface area contributed by atoms with Crippen LogP contribution in [-0.2, 0) is 6.54 Å². The van der Waals surface area contributed by atoms with E-state index in [1.807, 2.05) is 13.0 Å². The van der Waals surface area contributed by atoms with Crippen molar-refractivity contribution < 1.29 is 9.47 Å². The van der Waals surface area contributed by atoms with Crippen LogP contribution in [0.25, 0.3) is 0 Å². The Kier molecular flexibility index (Phi) is 5.86. The first-order valence-corrected chi connectivity index (χ1v) is 8.09. The van der Waals surface area contributed by atoms with Crippen LogP contribution >= 0.6 is 11.8 Å². The van der Waals surface area contributed by atoms with Crippen LogP contribution in [0, 0.1) is 0 Å². The van der Waals surface area contributed by atoms with Gasteiger partial charge in [0.25, 0.3) is 0 Å². The standard InChI is InChI=1S/C15H23NO2S/c1-3-18-15-10-12(4-5-14(15)17-2)11-16-13-6-8-19-9-7-13/h4-5,10,13,16H,3,6-9,11H2,1-2H3. The van der Waals surface area contributed by atoms with Crippen molar-refractivity contribution in [2.45, 2.75) is 32.4 Å². The highest BCUT2D eigenvalue weighted by molar-refractivity contribution is 7.99. The first kappa shape index (κ1) is 14.5. The summed E-state index contributed by atoms with van der Waals surface area (Å²) in [4.78, 5) is 0. The molecule has 0 atom stereocenters. The maximum Gasteiger partial charge on any atom is 0.161 e. The molecule has 106 valence electrons. The van der Waals surface area contributed by atoms with Gasteiger partial charge in [-0.05, 0) is 49.0 Å². The van der Waals surface area contributed by atoms with Gasteiger partial charge >= 0.3 is 0 Å². The van der Waals surface area contributed by atoms with E-state index in [2.05, 4.69) is 29.2 Å². The lowest BCUT2D eigenvalue weighted by molar-refractivity contribution is 0.310. The molecule has 1 aliphatic rings. The zero-order valence-corrected chi connectivity index (χ0v) is 12.6. The van der Waals surface area contributed by atoms with Gasteiger partial charge in [-0.15, -0.1) is 0 Å². The van der Waals surface area contributed by atoms with Gasteiger partial charge in [-0.3, -0.25) is 0 Å². The quantitative estimate of drug-likeness (QED) is 0.868. The molecule has 1 saturated heterocycles. The van der Waals surface area contributed by atoms with Crippen LogP contribution in [0.4, 0.5) is 0 Å². The van der Waals surface area contributed by atoms with Gasteiger partial charge in [-0.1, -0.05) is 6.07 Å². The monoisotopic (exact) mass is 281 g/mol. The van der Waals surface area contributed by atoms with Crippen LogP contribution in [0.15, 0.2) is 18.2 Å². The normalized spacial score (nSPS) is 16.3. The molecule has 0 bridgehead atoms. The Labute approximate surface area is 120 Å². The first-order valence-electron chi connectivity index (χ1n) is 6.94. The van der Waals surface area contributed by atoms with Crippen molar-refractivity contribution in [2.75, 3.05) is 25.2 Å². The van der Waals surface area contributed by atoms with Crippen LogP contribution in [-0.4, -0.2) is 31.3 Å². The molecule has 1 fully saturated rings. The third-order valence-corrected chi connectivity index (χ3v) is 4.39. The largest absolute Gasteiger partial charge is 0.493 e. The Hall–Kier alpha value is -0.870. The van der Waals surface area contributed by atoms with E-state index in [9.17, 15) is 0 Å². The maximum atomic E-state index is 5.60. The number of benzene rings is 1. The fourth-order valence-electron chi connectivity index (χ4n) is 2.26. The molecule has 1 N–H and O–H groups in total. The molecular weight excluding hydrogens is 258 g/mol. The smallest absolute Gasteiger partial charge is 0.161 e. The molecule has 2 rings (SSSR count). The second-order valence-electron chi connectivity index (χ2n) is 4.69. The van der Waals surface area contributed by atoms with Crippen molar-refractivity contribution >= 4 is 11.8 Å². The molecule has 0 radical (unpaired) electrons. The van der Waals surface area contributed by atoms with Gasteiger partial charge in [0.1, 0.15) is 0 Å². The van der Waals surface area contributed by atoms with E-state index in [1.54, 1.807) is 7.11 Å². The van der Waals surface area contributed by atoms with Crippen molar-refractivity contribution in [1.82, 2.24) is 5.32 Å². The third kappa shape index (κ3) is 4.32. The number of ether oxygens (including phenoxy) is 2. The highest BCUT2D eigenvalue weighted by Gasteiger charge is 2.13. The molecule has 1 aromatic rings. The summed E-state index contributed by atoms with van der Waals surface area (Å²) in [6.07, 6.45) is 2.55. The van der Waals surface area contributed by atoms with E-state index < -0.39 is 0 Å². The summed E-state index contributed by atoms with van der Waals surface area (Å²) in [5.74, 6) is 4.21. The number of thioether (sulfide) groups is 1. The molecule has 4 heteroatoms. The van der Waals surface area contributed by atoms with Crippen LogP contribution < -0.4 is 14.8 Å². The van der Waals surface area contributed by atoms with E-state index >= 15 is 0 Å². The molecule has 1 aromatic carbocycles. The molecule has 3 nitrogen and oxygen atoms in total. The van der Waals surface area contributed by atoms with E-state index in [1.165, 1.54) is 29.9 Å². The van der Waals surface area contributed by atoms with Gasteiger partial charge in [0.2, 0.25) is 0 Å². The van der Waals surface area contributed by atoms with E-state index in [0.717, 1.165) is 18.0 Å². The van der Waals surface area contributed by atoms with E-state index in [0.29, 0.717) is 12.6 Å². The van der Waals surface area contributed by atoms with Gasteiger partial charge in [-0.2, -0.15) is 11.8 Å². The Morgan fingerprint density at radius 3 is 2.74 bits per heavy atom. The predicted octanol–water partition coefficient (Wildman–Crippen LogP) is 3.08. The maximum absolute atomic E-state index is 5.60. The van der Waals surface area contributed by atoms with Gasteiger partial charge in [0.05, 0.1) is 13.7 Å². The number of rotatable bonds is 6. The highest BCUT2D eigenvalue weighted by Crippen LogP contribution is 2.28. The van der Waals surface area contributed by atoms with Crippen LogP contribution in [0.2, 0.25) is 0 Å². The summed E-state index contributed by atoms with van der Waals surface area (Å²) < 4.78 is 10.9. The van der Waals surface area contributed by atoms with Crippen LogP contribution in [0.1, 0.15) is 25.3 Å². The Bertz CT molecular complexity index is 392. The fraction of sp³-hybridized carbons (Fsp3) is 0.600.